The Morgan fingerprint density at radius 1 is 0.778 bits per heavy atom. The maximum absolute atomic E-state index is 2.43. The molecule has 0 atom stereocenters. The van der Waals surface area contributed by atoms with E-state index >= 15 is 0 Å². The summed E-state index contributed by atoms with van der Waals surface area (Å²) in [5, 5.41) is 0. The Kier molecular flexibility index (Phi) is 10.8. The number of hydrogen-bond donors (Lipinski definition) is 0. The van der Waals surface area contributed by atoms with Crippen LogP contribution in [0.15, 0.2) is 24.3 Å². The zero-order valence-electron chi connectivity index (χ0n) is 17.9. The molecule has 1 heteroatoms. The van der Waals surface area contributed by atoms with Crippen LogP contribution in [0.1, 0.15) is 92.7 Å². The van der Waals surface area contributed by atoms with Gasteiger partial charge in [0.1, 0.15) is 0 Å². The van der Waals surface area contributed by atoms with Gasteiger partial charge in [0.15, 0.2) is 0 Å². The second-order valence-corrected chi connectivity index (χ2v) is 9.45. The van der Waals surface area contributed by atoms with Gasteiger partial charge >= 0.3 is 34.9 Å². The molecule has 2 aromatic rings. The summed E-state index contributed by atoms with van der Waals surface area (Å²) in [5.74, 6) is 0. The Morgan fingerprint density at radius 2 is 1.15 bits per heavy atom. The third kappa shape index (κ3) is 7.41. The van der Waals surface area contributed by atoms with E-state index in [4.69, 9.17) is 0 Å². The predicted molar refractivity (Wildman–Crippen MR) is 117 cm³/mol. The molecule has 0 amide bonds. The van der Waals surface area contributed by atoms with Gasteiger partial charge < -0.3 is 0 Å². The minimum absolute atomic E-state index is 1.27. The van der Waals surface area contributed by atoms with Crippen molar-refractivity contribution in [3.63, 3.8) is 0 Å². The first-order valence-electron chi connectivity index (χ1n) is 11.2. The summed E-state index contributed by atoms with van der Waals surface area (Å²) in [5.41, 5.74) is 9.72. The molecule has 0 unspecified atom stereocenters. The van der Waals surface area contributed by atoms with E-state index < -0.39 is 0 Å². The molecule has 146 valence electrons. The van der Waals surface area contributed by atoms with Gasteiger partial charge in [-0.25, -0.2) is 12.1 Å². The molecule has 4 rings (SSSR count). The second kappa shape index (κ2) is 12.8. The molecule has 27 heavy (non-hydrogen) atoms. The van der Waals surface area contributed by atoms with Gasteiger partial charge in [-0.1, -0.05) is 90.9 Å². The first kappa shape index (κ1) is 22.7. The van der Waals surface area contributed by atoms with Gasteiger partial charge in [0.25, 0.3) is 0 Å². The van der Waals surface area contributed by atoms with Gasteiger partial charge in [-0.2, -0.15) is 45.5 Å². The molecule has 2 aromatic carbocycles. The van der Waals surface area contributed by atoms with Crippen LogP contribution in [0.3, 0.4) is 0 Å². The molecule has 0 radical (unpaired) electrons. The summed E-state index contributed by atoms with van der Waals surface area (Å²) < 4.78 is 2.09. The first-order chi connectivity index (χ1) is 13.2. The van der Waals surface area contributed by atoms with Gasteiger partial charge in [-0.3, -0.25) is 0 Å². The summed E-state index contributed by atoms with van der Waals surface area (Å²) >= 11 is 1.51. The van der Waals surface area contributed by atoms with Crippen molar-refractivity contribution < 1.29 is 24.2 Å². The monoisotopic (exact) mass is 440 g/mol. The Hall–Kier alpha value is -0.547. The molecule has 0 nitrogen and oxygen atoms in total. The van der Waals surface area contributed by atoms with E-state index in [-0.39, 0.29) is 0 Å². The van der Waals surface area contributed by atoms with Crippen molar-refractivity contribution in [2.45, 2.75) is 97.8 Å². The molecule has 0 fully saturated rings. The summed E-state index contributed by atoms with van der Waals surface area (Å²) in [6.45, 7) is 6.55. The van der Waals surface area contributed by atoms with Crippen LogP contribution in [0.2, 0.25) is 0 Å². The zero-order chi connectivity index (χ0) is 19.5. The van der Waals surface area contributed by atoms with Crippen LogP contribution in [-0.4, -0.2) is 3.71 Å². The normalized spacial score (nSPS) is 14.9. The second-order valence-electron chi connectivity index (χ2n) is 8.03. The van der Waals surface area contributed by atoms with Crippen molar-refractivity contribution in [2.24, 2.45) is 0 Å². The third-order valence-electron chi connectivity index (χ3n) is 5.63. The number of hydrogen-bond acceptors (Lipinski definition) is 0. The van der Waals surface area contributed by atoms with Crippen LogP contribution >= 0.6 is 0 Å². The van der Waals surface area contributed by atoms with Crippen LogP contribution in [0, 0.1) is 0 Å². The van der Waals surface area contributed by atoms with Crippen molar-refractivity contribution >= 4 is 3.71 Å². The van der Waals surface area contributed by atoms with Crippen LogP contribution < -0.4 is 0 Å². The minimum atomic E-state index is 1.27. The van der Waals surface area contributed by atoms with Gasteiger partial charge in [0.05, 0.1) is 0 Å². The molecule has 0 heterocycles. The average molecular weight is 442 g/mol. The third-order valence-corrected chi connectivity index (χ3v) is 5.63. The molecular formula is C26H38Zr. The molecule has 2 aliphatic rings. The molecule has 0 aromatic heterocycles. The summed E-state index contributed by atoms with van der Waals surface area (Å²) in [7, 11) is 0. The zero-order valence-corrected chi connectivity index (χ0v) is 20.3. The molecule has 0 saturated heterocycles. The quantitative estimate of drug-likeness (QED) is 0.456. The fourth-order valence-electron chi connectivity index (χ4n) is 4.41. The molecule has 0 saturated carbocycles. The van der Waals surface area contributed by atoms with Crippen LogP contribution in [-0.2, 0) is 62.8 Å². The summed E-state index contributed by atoms with van der Waals surface area (Å²) in [4.78, 5) is 0. The summed E-state index contributed by atoms with van der Waals surface area (Å²) in [6, 6.07) is 9.71. The fourth-order valence-corrected chi connectivity index (χ4v) is 4.41. The van der Waals surface area contributed by atoms with Gasteiger partial charge in [-0.15, -0.1) is 0 Å². The molecule has 0 spiro atoms. The van der Waals surface area contributed by atoms with Gasteiger partial charge in [-0.05, 0) is 0 Å². The predicted octanol–water partition coefficient (Wildman–Crippen LogP) is 6.83. The maximum atomic E-state index is 2.43. The number of fused-ring (bicyclic) bond motifs is 2. The van der Waals surface area contributed by atoms with Crippen molar-refractivity contribution in [2.75, 3.05) is 0 Å². The van der Waals surface area contributed by atoms with E-state index in [1.165, 1.54) is 101 Å². The fraction of sp³-hybridized carbons (Fsp3) is 0.577. The number of rotatable bonds is 4. The summed E-state index contributed by atoms with van der Waals surface area (Å²) in [6.07, 6.45) is 16.1. The standard InChI is InChI=1S/2C12H17.C2H4.Zr/c2*1-2-5-10-8-11-6-3-4-7-12(11)9-10;1-2;/h2*8-9H,2-7H2,1H3;1H,2H3;/q2*-1;;+2. The Balaban J connectivity index is 0.000000170. The topological polar surface area (TPSA) is 0 Å². The van der Waals surface area contributed by atoms with Crippen molar-refractivity contribution in [3.05, 3.63) is 57.6 Å². The molecule has 0 aliphatic heterocycles. The Labute approximate surface area is 182 Å². The number of aryl methyl sites for hydroxylation is 6. The molecule has 0 bridgehead atoms. The van der Waals surface area contributed by atoms with Gasteiger partial charge in [0.2, 0.25) is 0 Å². The van der Waals surface area contributed by atoms with E-state index in [0.717, 1.165) is 0 Å². The Morgan fingerprint density at radius 3 is 1.48 bits per heavy atom. The van der Waals surface area contributed by atoms with E-state index in [1.807, 2.05) is 6.92 Å². The van der Waals surface area contributed by atoms with Crippen LogP contribution in [0.5, 0.6) is 0 Å². The first-order valence-corrected chi connectivity index (χ1v) is 12.6. The van der Waals surface area contributed by atoms with E-state index in [0.29, 0.717) is 0 Å². The SMILES string of the molecule is CCCc1cc2c([cH-]1)CCCC2.CCCc1cc2c([cH-]1)CCCC2.C[CH]=[Zr+2]. The Bertz CT molecular complexity index is 567. The molecule has 2 aliphatic carbocycles. The molecule has 0 N–H and O–H groups in total. The van der Waals surface area contributed by atoms with E-state index in [9.17, 15) is 0 Å². The van der Waals surface area contributed by atoms with E-state index in [2.05, 4.69) is 41.8 Å². The van der Waals surface area contributed by atoms with Crippen molar-refractivity contribution in [1.82, 2.24) is 0 Å². The average Bonchev–Trinajstić information content (AvgIpc) is 3.26. The van der Waals surface area contributed by atoms with E-state index in [1.54, 1.807) is 33.4 Å². The van der Waals surface area contributed by atoms with Crippen LogP contribution in [0.4, 0.5) is 0 Å². The van der Waals surface area contributed by atoms with Crippen LogP contribution in [0.25, 0.3) is 0 Å². The van der Waals surface area contributed by atoms with Crippen molar-refractivity contribution in [3.8, 4) is 0 Å². The molecular weight excluding hydrogens is 404 g/mol. The van der Waals surface area contributed by atoms with Gasteiger partial charge in [0, 0.05) is 0 Å². The van der Waals surface area contributed by atoms with Crippen molar-refractivity contribution in [1.29, 1.82) is 0 Å².